The number of fused-ring (bicyclic) bond motifs is 1. The number of ether oxygens (including phenoxy) is 1. The predicted octanol–water partition coefficient (Wildman–Crippen LogP) is 4.20. The first kappa shape index (κ1) is 20.7. The molecule has 0 aliphatic heterocycles. The Morgan fingerprint density at radius 1 is 0.935 bits per heavy atom. The van der Waals surface area contributed by atoms with E-state index in [2.05, 4.69) is 65.0 Å². The fraction of sp³-hybridized carbons (Fsp3) is 0.192. The number of rotatable bonds is 9. The molecule has 1 heterocycles. The lowest BCUT2D eigenvalue weighted by Crippen LogP contribution is -2.34. The van der Waals surface area contributed by atoms with Crippen molar-refractivity contribution in [3.63, 3.8) is 0 Å². The van der Waals surface area contributed by atoms with Crippen molar-refractivity contribution in [3.8, 4) is 11.8 Å². The van der Waals surface area contributed by atoms with Crippen LogP contribution >= 0.6 is 0 Å². The molecule has 0 aliphatic rings. The first-order valence-corrected chi connectivity index (χ1v) is 10.4. The van der Waals surface area contributed by atoms with Crippen LogP contribution < -0.4 is 10.1 Å². The molecule has 156 valence electrons. The van der Waals surface area contributed by atoms with Gasteiger partial charge < -0.3 is 20.1 Å². The van der Waals surface area contributed by atoms with Crippen LogP contribution in [0.5, 0.6) is 5.75 Å². The summed E-state index contributed by atoms with van der Waals surface area (Å²) in [4.78, 5) is 3.37. The van der Waals surface area contributed by atoms with Gasteiger partial charge in [0.2, 0.25) is 0 Å². The minimum Gasteiger partial charge on any atom is -0.491 e. The molecule has 0 bridgehead atoms. The highest BCUT2D eigenvalue weighted by Crippen LogP contribution is 2.30. The molecule has 2 atom stereocenters. The number of hydrogen-bond donors (Lipinski definition) is 3. The zero-order valence-electron chi connectivity index (χ0n) is 17.2. The lowest BCUT2D eigenvalue weighted by molar-refractivity contribution is 0.106. The normalized spacial score (nSPS) is 12.9. The summed E-state index contributed by atoms with van der Waals surface area (Å²) in [5.74, 6) is 0.794. The molecule has 0 saturated heterocycles. The van der Waals surface area contributed by atoms with Gasteiger partial charge in [-0.25, -0.2) is 0 Å². The van der Waals surface area contributed by atoms with Crippen molar-refractivity contribution in [2.75, 3.05) is 19.7 Å². The Morgan fingerprint density at radius 3 is 2.45 bits per heavy atom. The van der Waals surface area contributed by atoms with E-state index in [9.17, 15) is 5.11 Å². The van der Waals surface area contributed by atoms with Crippen LogP contribution in [0.1, 0.15) is 22.6 Å². The van der Waals surface area contributed by atoms with Crippen molar-refractivity contribution in [1.29, 1.82) is 5.26 Å². The highest BCUT2D eigenvalue weighted by Gasteiger charge is 2.18. The van der Waals surface area contributed by atoms with E-state index < -0.39 is 6.10 Å². The summed E-state index contributed by atoms with van der Waals surface area (Å²) in [5, 5.41) is 23.8. The zero-order chi connectivity index (χ0) is 21.5. The number of aliphatic hydroxyl groups is 1. The fourth-order valence-corrected chi connectivity index (χ4v) is 3.75. The Bertz CT molecular complexity index is 1150. The first-order valence-electron chi connectivity index (χ1n) is 10.4. The SMILES string of the molecule is N#Cc1ccc(OC[C@@H](O)CNC[C@@H](c2ccccc2)c2c[nH]c3ccccc23)cc1. The van der Waals surface area contributed by atoms with Gasteiger partial charge in [0.25, 0.3) is 0 Å². The molecule has 0 saturated carbocycles. The van der Waals surface area contributed by atoms with Gasteiger partial charge in [-0.15, -0.1) is 0 Å². The average Bonchev–Trinajstić information content (AvgIpc) is 3.25. The maximum atomic E-state index is 10.4. The third kappa shape index (κ3) is 5.13. The molecule has 3 N–H and O–H groups in total. The molecule has 5 nitrogen and oxygen atoms in total. The van der Waals surface area contributed by atoms with Crippen LogP contribution in [-0.2, 0) is 0 Å². The number of nitrogens with zero attached hydrogens (tertiary/aromatic N) is 1. The second-order valence-corrected chi connectivity index (χ2v) is 7.51. The Balaban J connectivity index is 1.38. The molecule has 3 aromatic carbocycles. The van der Waals surface area contributed by atoms with Crippen LogP contribution in [0.15, 0.2) is 85.1 Å². The smallest absolute Gasteiger partial charge is 0.119 e. The van der Waals surface area contributed by atoms with E-state index >= 15 is 0 Å². The van der Waals surface area contributed by atoms with E-state index in [4.69, 9.17) is 10.00 Å². The van der Waals surface area contributed by atoms with Crippen LogP contribution in [0.2, 0.25) is 0 Å². The topological polar surface area (TPSA) is 81.1 Å². The van der Waals surface area contributed by atoms with Gasteiger partial charge in [-0.05, 0) is 41.5 Å². The number of aromatic nitrogens is 1. The summed E-state index contributed by atoms with van der Waals surface area (Å²) < 4.78 is 5.63. The number of aliphatic hydroxyl groups excluding tert-OH is 1. The van der Waals surface area contributed by atoms with Crippen LogP contribution in [0.4, 0.5) is 0 Å². The summed E-state index contributed by atoms with van der Waals surface area (Å²) in [6, 6.07) is 27.7. The third-order valence-electron chi connectivity index (χ3n) is 5.35. The Labute approximate surface area is 181 Å². The van der Waals surface area contributed by atoms with Crippen molar-refractivity contribution in [2.45, 2.75) is 12.0 Å². The second-order valence-electron chi connectivity index (χ2n) is 7.51. The number of aromatic amines is 1. The summed E-state index contributed by atoms with van der Waals surface area (Å²) in [7, 11) is 0. The van der Waals surface area contributed by atoms with E-state index in [0.717, 1.165) is 5.52 Å². The molecule has 0 fully saturated rings. The van der Waals surface area contributed by atoms with Gasteiger partial charge in [-0.2, -0.15) is 5.26 Å². The summed E-state index contributed by atoms with van der Waals surface area (Å²) in [5.41, 5.74) is 4.16. The van der Waals surface area contributed by atoms with Gasteiger partial charge in [0.1, 0.15) is 18.5 Å². The third-order valence-corrected chi connectivity index (χ3v) is 5.35. The standard InChI is InChI=1S/C26H25N3O2/c27-14-19-10-12-22(13-11-19)31-18-21(30)15-28-16-24(20-6-2-1-3-7-20)25-17-29-26-9-5-4-8-23(25)26/h1-13,17,21,24,28-30H,15-16,18H2/t21-,24-/m0/s1. The highest BCUT2D eigenvalue weighted by atomic mass is 16.5. The Hall–Kier alpha value is -3.59. The molecule has 0 aliphatic carbocycles. The molecule has 1 aromatic heterocycles. The second kappa shape index (κ2) is 9.94. The number of H-pyrrole nitrogens is 1. The van der Waals surface area contributed by atoms with Crippen molar-refractivity contribution in [1.82, 2.24) is 10.3 Å². The largest absolute Gasteiger partial charge is 0.491 e. The molecule has 0 spiro atoms. The minimum absolute atomic E-state index is 0.156. The summed E-state index contributed by atoms with van der Waals surface area (Å²) >= 11 is 0. The fourth-order valence-electron chi connectivity index (χ4n) is 3.75. The van der Waals surface area contributed by atoms with Crippen molar-refractivity contribution < 1.29 is 9.84 Å². The predicted molar refractivity (Wildman–Crippen MR) is 122 cm³/mol. The lowest BCUT2D eigenvalue weighted by Gasteiger charge is -2.20. The van der Waals surface area contributed by atoms with Crippen molar-refractivity contribution in [3.05, 3.63) is 102 Å². The molecule has 4 rings (SSSR count). The van der Waals surface area contributed by atoms with Crippen LogP contribution in [-0.4, -0.2) is 35.9 Å². The van der Waals surface area contributed by atoms with E-state index in [1.807, 2.05) is 12.1 Å². The quantitative estimate of drug-likeness (QED) is 0.386. The Kier molecular flexibility index (Phi) is 6.63. The molecular formula is C26H25N3O2. The van der Waals surface area contributed by atoms with E-state index in [-0.39, 0.29) is 12.5 Å². The van der Waals surface area contributed by atoms with Gasteiger partial charge in [-0.3, -0.25) is 0 Å². The molecular weight excluding hydrogens is 386 g/mol. The van der Waals surface area contributed by atoms with Gasteiger partial charge in [0, 0.05) is 36.1 Å². The minimum atomic E-state index is -0.643. The van der Waals surface area contributed by atoms with Crippen LogP contribution in [0.25, 0.3) is 10.9 Å². The van der Waals surface area contributed by atoms with Crippen LogP contribution in [0.3, 0.4) is 0 Å². The van der Waals surface area contributed by atoms with Gasteiger partial charge in [-0.1, -0.05) is 48.5 Å². The number of nitrogens with one attached hydrogen (secondary N) is 2. The lowest BCUT2D eigenvalue weighted by atomic mass is 9.91. The zero-order valence-corrected chi connectivity index (χ0v) is 17.2. The number of benzene rings is 3. The van der Waals surface area contributed by atoms with E-state index in [0.29, 0.717) is 24.4 Å². The van der Waals surface area contributed by atoms with Crippen molar-refractivity contribution in [2.24, 2.45) is 0 Å². The molecule has 4 aromatic rings. The number of para-hydroxylation sites is 1. The Morgan fingerprint density at radius 2 is 1.68 bits per heavy atom. The highest BCUT2D eigenvalue weighted by molar-refractivity contribution is 5.84. The van der Waals surface area contributed by atoms with Crippen molar-refractivity contribution >= 4 is 10.9 Å². The van der Waals surface area contributed by atoms with Gasteiger partial charge in [0.15, 0.2) is 0 Å². The number of hydrogen-bond acceptors (Lipinski definition) is 4. The summed E-state index contributed by atoms with van der Waals surface area (Å²) in [6.45, 7) is 1.30. The van der Waals surface area contributed by atoms with E-state index in [1.54, 1.807) is 24.3 Å². The van der Waals surface area contributed by atoms with E-state index in [1.165, 1.54) is 16.5 Å². The number of nitriles is 1. The van der Waals surface area contributed by atoms with Crippen LogP contribution in [0, 0.1) is 11.3 Å². The molecule has 0 amide bonds. The summed E-state index contributed by atoms with van der Waals surface area (Å²) in [6.07, 6.45) is 1.43. The monoisotopic (exact) mass is 411 g/mol. The van der Waals surface area contributed by atoms with Gasteiger partial charge in [0.05, 0.1) is 11.6 Å². The molecule has 0 unspecified atom stereocenters. The molecule has 31 heavy (non-hydrogen) atoms. The van der Waals surface area contributed by atoms with Gasteiger partial charge >= 0.3 is 0 Å². The average molecular weight is 412 g/mol. The molecule has 0 radical (unpaired) electrons. The maximum Gasteiger partial charge on any atom is 0.119 e. The first-order chi connectivity index (χ1) is 15.2. The maximum absolute atomic E-state index is 10.4. The molecule has 5 heteroatoms.